The molecule has 30 heavy (non-hydrogen) atoms. The molecule has 0 aliphatic heterocycles. The molecule has 152 valence electrons. The second kappa shape index (κ2) is 8.74. The zero-order chi connectivity index (χ0) is 21.8. The highest BCUT2D eigenvalue weighted by molar-refractivity contribution is 5.92. The third-order valence-electron chi connectivity index (χ3n) is 4.98. The van der Waals surface area contributed by atoms with Gasteiger partial charge >= 0.3 is 5.97 Å². The van der Waals surface area contributed by atoms with Crippen molar-refractivity contribution >= 4 is 30.3 Å². The van der Waals surface area contributed by atoms with Gasteiger partial charge in [-0.1, -0.05) is 24.3 Å². The van der Waals surface area contributed by atoms with Crippen LogP contribution in [0.4, 0.5) is 0 Å². The van der Waals surface area contributed by atoms with Crippen LogP contribution in [0.5, 0.6) is 5.75 Å². The van der Waals surface area contributed by atoms with Gasteiger partial charge in [0, 0.05) is 34.4 Å². The van der Waals surface area contributed by atoms with Gasteiger partial charge in [0.2, 0.25) is 0 Å². The topological polar surface area (TPSA) is 65.3 Å². The molecule has 5 nitrogen and oxygen atoms in total. The number of carboxylic acid groups (broad SMARTS) is 1. The quantitative estimate of drug-likeness (QED) is 0.640. The summed E-state index contributed by atoms with van der Waals surface area (Å²) < 4.78 is 3.92. The van der Waals surface area contributed by atoms with Gasteiger partial charge in [0.15, 0.2) is 24.8 Å². The van der Waals surface area contributed by atoms with Gasteiger partial charge in [-0.2, -0.15) is 0 Å². The number of pyridine rings is 2. The third-order valence-corrected chi connectivity index (χ3v) is 4.98. The van der Waals surface area contributed by atoms with Crippen LogP contribution in [0, 0.1) is 13.8 Å². The Balaban J connectivity index is 2.02. The van der Waals surface area contributed by atoms with Crippen molar-refractivity contribution < 1.29 is 24.1 Å². The first-order valence-corrected chi connectivity index (χ1v) is 9.63. The van der Waals surface area contributed by atoms with Gasteiger partial charge in [-0.15, -0.1) is 0 Å². The molecular weight excluding hydrogens is 376 g/mol. The van der Waals surface area contributed by atoms with E-state index < -0.39 is 5.97 Å². The molecule has 1 aromatic carbocycles. The molecule has 0 amide bonds. The van der Waals surface area contributed by atoms with Crippen LogP contribution in [0.3, 0.4) is 0 Å². The normalized spacial score (nSPS) is 11.5. The molecule has 0 aliphatic carbocycles. The lowest BCUT2D eigenvalue weighted by molar-refractivity contribution is -0.671. The molecule has 0 saturated carbocycles. The average Bonchev–Trinajstić information content (AvgIpc) is 2.68. The van der Waals surface area contributed by atoms with E-state index in [-0.39, 0.29) is 11.3 Å². The van der Waals surface area contributed by atoms with Gasteiger partial charge in [0.25, 0.3) is 0 Å². The van der Waals surface area contributed by atoms with Crippen molar-refractivity contribution in [3.63, 3.8) is 0 Å². The van der Waals surface area contributed by atoms with E-state index in [9.17, 15) is 15.0 Å². The standard InChI is InChI=1S/C25H24N2O3/c1-17-15-26(3)11-9-19(17)5-7-21-13-23(25(29)30)14-22(24(21)28)8-6-20-10-12-27(4)16-18(20)2/h5-16H,1-4H3/p+2. The summed E-state index contributed by atoms with van der Waals surface area (Å²) in [5, 5.41) is 20.3. The van der Waals surface area contributed by atoms with Gasteiger partial charge in [0.05, 0.1) is 5.56 Å². The Hall–Kier alpha value is -3.73. The Bertz CT molecular complexity index is 1090. The second-order valence-electron chi connectivity index (χ2n) is 7.47. The van der Waals surface area contributed by atoms with Crippen LogP contribution in [0.15, 0.2) is 49.1 Å². The zero-order valence-electron chi connectivity index (χ0n) is 17.6. The first kappa shape index (κ1) is 21.0. The van der Waals surface area contributed by atoms with Crippen molar-refractivity contribution in [3.8, 4) is 5.75 Å². The van der Waals surface area contributed by atoms with Crippen molar-refractivity contribution in [2.45, 2.75) is 13.8 Å². The lowest BCUT2D eigenvalue weighted by Crippen LogP contribution is -2.26. The molecule has 0 spiro atoms. The lowest BCUT2D eigenvalue weighted by atomic mass is 10.0. The van der Waals surface area contributed by atoms with E-state index >= 15 is 0 Å². The number of nitrogens with zero attached hydrogens (tertiary/aromatic N) is 2. The third kappa shape index (κ3) is 4.81. The largest absolute Gasteiger partial charge is 0.507 e. The van der Waals surface area contributed by atoms with E-state index in [4.69, 9.17) is 0 Å². The van der Waals surface area contributed by atoms with Gasteiger partial charge in [-0.25, -0.2) is 13.9 Å². The van der Waals surface area contributed by atoms with Crippen LogP contribution in [0.1, 0.15) is 43.7 Å². The fourth-order valence-corrected chi connectivity index (χ4v) is 3.30. The maximum Gasteiger partial charge on any atom is 0.335 e. The van der Waals surface area contributed by atoms with E-state index in [1.54, 1.807) is 12.2 Å². The summed E-state index contributed by atoms with van der Waals surface area (Å²) in [5.74, 6) is -0.990. The number of carboxylic acids is 1. The monoisotopic (exact) mass is 402 g/mol. The number of benzene rings is 1. The van der Waals surface area contributed by atoms with Crippen molar-refractivity contribution in [3.05, 3.63) is 88.0 Å². The van der Waals surface area contributed by atoms with Gasteiger partial charge in [0.1, 0.15) is 19.8 Å². The summed E-state index contributed by atoms with van der Waals surface area (Å²) in [6, 6.07) is 6.92. The SMILES string of the molecule is Cc1c[n+](C)ccc1/C=C/c1cc(C(=O)O)cc(/C=C/c2cc[n+](C)cc2C)c1O. The highest BCUT2D eigenvalue weighted by atomic mass is 16.4. The Morgan fingerprint density at radius 3 is 1.57 bits per heavy atom. The zero-order valence-corrected chi connectivity index (χ0v) is 17.6. The van der Waals surface area contributed by atoms with Crippen LogP contribution in [-0.2, 0) is 14.1 Å². The number of phenolic OH excluding ortho intramolecular Hbond substituents is 1. The molecule has 2 heterocycles. The minimum Gasteiger partial charge on any atom is -0.507 e. The Morgan fingerprint density at radius 2 is 1.20 bits per heavy atom. The second-order valence-corrected chi connectivity index (χ2v) is 7.47. The molecular formula is C25H26N2O3+2. The van der Waals surface area contributed by atoms with E-state index in [1.807, 2.05) is 86.1 Å². The number of aromatic nitrogens is 2. The molecule has 0 fully saturated rings. The van der Waals surface area contributed by atoms with Gasteiger partial charge < -0.3 is 10.2 Å². The van der Waals surface area contributed by atoms with Crippen LogP contribution in [-0.4, -0.2) is 16.2 Å². The molecule has 5 heteroatoms. The number of hydrogen-bond donors (Lipinski definition) is 2. The van der Waals surface area contributed by atoms with Crippen molar-refractivity contribution in [2.24, 2.45) is 14.1 Å². The van der Waals surface area contributed by atoms with Crippen LogP contribution in [0.25, 0.3) is 24.3 Å². The van der Waals surface area contributed by atoms with Crippen molar-refractivity contribution in [2.75, 3.05) is 0 Å². The van der Waals surface area contributed by atoms with Crippen LogP contribution in [0.2, 0.25) is 0 Å². The van der Waals surface area contributed by atoms with E-state index in [2.05, 4.69) is 0 Å². The molecule has 0 bridgehead atoms. The fraction of sp³-hybridized carbons (Fsp3) is 0.160. The molecule has 0 aliphatic rings. The number of aromatic hydroxyl groups is 1. The number of aromatic carboxylic acids is 1. The van der Waals surface area contributed by atoms with E-state index in [0.717, 1.165) is 22.3 Å². The first-order chi connectivity index (χ1) is 14.2. The molecule has 3 aromatic rings. The Kier molecular flexibility index (Phi) is 6.11. The van der Waals surface area contributed by atoms with Gasteiger partial charge in [-0.3, -0.25) is 0 Å². The summed E-state index contributed by atoms with van der Waals surface area (Å²) in [6.07, 6.45) is 15.1. The van der Waals surface area contributed by atoms with Gasteiger partial charge in [-0.05, 0) is 37.1 Å². The van der Waals surface area contributed by atoms with Crippen LogP contribution < -0.4 is 9.13 Å². The van der Waals surface area contributed by atoms with Crippen molar-refractivity contribution in [1.29, 1.82) is 0 Å². The minimum atomic E-state index is -1.04. The predicted octanol–water partition coefficient (Wildman–Crippen LogP) is 3.70. The number of aryl methyl sites for hydroxylation is 4. The van der Waals surface area contributed by atoms with E-state index in [0.29, 0.717) is 11.1 Å². The van der Waals surface area contributed by atoms with Crippen LogP contribution >= 0.6 is 0 Å². The lowest BCUT2D eigenvalue weighted by Gasteiger charge is -2.07. The smallest absolute Gasteiger partial charge is 0.335 e. The predicted molar refractivity (Wildman–Crippen MR) is 118 cm³/mol. The number of hydrogen-bond acceptors (Lipinski definition) is 2. The molecule has 3 rings (SSSR count). The van der Waals surface area contributed by atoms with Crippen molar-refractivity contribution in [1.82, 2.24) is 0 Å². The Morgan fingerprint density at radius 1 is 0.800 bits per heavy atom. The summed E-state index contributed by atoms with van der Waals surface area (Å²) in [4.78, 5) is 11.6. The summed E-state index contributed by atoms with van der Waals surface area (Å²) >= 11 is 0. The first-order valence-electron chi connectivity index (χ1n) is 9.63. The maximum atomic E-state index is 11.6. The van der Waals surface area contributed by atoms with E-state index in [1.165, 1.54) is 12.1 Å². The fourth-order valence-electron chi connectivity index (χ4n) is 3.30. The highest BCUT2D eigenvalue weighted by Crippen LogP contribution is 2.29. The summed E-state index contributed by atoms with van der Waals surface area (Å²) in [6.45, 7) is 4.01. The maximum absolute atomic E-state index is 11.6. The molecule has 0 atom stereocenters. The molecule has 0 radical (unpaired) electrons. The molecule has 2 N–H and O–H groups in total. The molecule has 0 unspecified atom stereocenters. The number of phenols is 1. The minimum absolute atomic E-state index is 0.0470. The summed E-state index contributed by atoms with van der Waals surface area (Å²) in [7, 11) is 3.91. The Labute approximate surface area is 176 Å². The number of rotatable bonds is 5. The summed E-state index contributed by atoms with van der Waals surface area (Å²) in [5.41, 5.74) is 5.20. The average molecular weight is 402 g/mol. The number of carbonyl (C=O) groups is 1. The molecule has 2 aromatic heterocycles. The molecule has 0 saturated heterocycles. The highest BCUT2D eigenvalue weighted by Gasteiger charge is 2.12.